The zero-order valence-electron chi connectivity index (χ0n) is 6.60. The van der Waals surface area contributed by atoms with Crippen LogP contribution in [0.1, 0.15) is 0 Å². The van der Waals surface area contributed by atoms with Crippen molar-refractivity contribution in [3.8, 4) is 0 Å². The van der Waals surface area contributed by atoms with E-state index in [2.05, 4.69) is 0 Å². The highest BCUT2D eigenvalue weighted by atomic mass is 32.2. The number of hydrogen-bond donors (Lipinski definition) is 0. The van der Waals surface area contributed by atoms with Crippen molar-refractivity contribution in [1.29, 1.82) is 0 Å². The van der Waals surface area contributed by atoms with E-state index in [0.717, 1.165) is 0 Å². The molecule has 16 heavy (non-hydrogen) atoms. The first-order chi connectivity index (χ1) is 6.66. The predicted molar refractivity (Wildman–Crippen MR) is 37.2 cm³/mol. The molecule has 0 aromatic heterocycles. The van der Waals surface area contributed by atoms with Crippen molar-refractivity contribution in [2.75, 3.05) is 0 Å². The standard InChI is InChI=1S/C4F10S2/c5-1(6,15-3(9,10)11)2(7,8)16-4(12,13)14. The van der Waals surface area contributed by atoms with Gasteiger partial charge < -0.3 is 0 Å². The molecule has 0 fully saturated rings. The third-order valence-electron chi connectivity index (χ3n) is 0.827. The summed E-state index contributed by atoms with van der Waals surface area (Å²) in [6.07, 6.45) is 0. The van der Waals surface area contributed by atoms with Crippen molar-refractivity contribution in [3.05, 3.63) is 0 Å². The Bertz CT molecular complexity index is 212. The second-order valence-corrected chi connectivity index (χ2v) is 4.49. The minimum Gasteiger partial charge on any atom is -0.186 e. The summed E-state index contributed by atoms with van der Waals surface area (Å²) in [6.45, 7) is 0. The molecule has 0 heterocycles. The molecule has 12 heteroatoms. The molecule has 0 nitrogen and oxygen atoms in total. The van der Waals surface area contributed by atoms with Gasteiger partial charge in [-0.05, 0) is 0 Å². The molecule has 0 unspecified atom stereocenters. The highest BCUT2D eigenvalue weighted by molar-refractivity contribution is 8.05. The lowest BCUT2D eigenvalue weighted by Gasteiger charge is -2.26. The van der Waals surface area contributed by atoms with Gasteiger partial charge in [0, 0.05) is 23.5 Å². The Hall–Kier alpha value is -0.000000000000000111. The average molecular weight is 302 g/mol. The van der Waals surface area contributed by atoms with E-state index in [1.165, 1.54) is 0 Å². The zero-order chi connectivity index (χ0) is 13.4. The van der Waals surface area contributed by atoms with E-state index in [0.29, 0.717) is 0 Å². The lowest BCUT2D eigenvalue weighted by atomic mass is 10.7. The molecular weight excluding hydrogens is 302 g/mol. The van der Waals surface area contributed by atoms with Gasteiger partial charge in [-0.2, -0.15) is 43.9 Å². The van der Waals surface area contributed by atoms with Crippen molar-refractivity contribution in [3.63, 3.8) is 0 Å². The van der Waals surface area contributed by atoms with E-state index in [4.69, 9.17) is 0 Å². The molecule has 0 amide bonds. The van der Waals surface area contributed by atoms with Crippen LogP contribution in [0.15, 0.2) is 0 Å². The second-order valence-electron chi connectivity index (χ2n) is 2.13. The summed E-state index contributed by atoms with van der Waals surface area (Å²) in [7, 11) is 0. The van der Waals surface area contributed by atoms with Crippen LogP contribution in [0.4, 0.5) is 43.9 Å². The number of halogens is 10. The van der Waals surface area contributed by atoms with Gasteiger partial charge in [0.25, 0.3) is 0 Å². The molecule has 0 aliphatic rings. The summed E-state index contributed by atoms with van der Waals surface area (Å²) >= 11 is -5.00. The van der Waals surface area contributed by atoms with Gasteiger partial charge in [0.1, 0.15) is 0 Å². The quantitative estimate of drug-likeness (QED) is 0.694. The normalized spacial score (nSPS) is 15.4. The number of hydrogen-bond acceptors (Lipinski definition) is 2. The van der Waals surface area contributed by atoms with Gasteiger partial charge >= 0.3 is 21.5 Å². The Morgan fingerprint density at radius 2 is 0.625 bits per heavy atom. The maximum absolute atomic E-state index is 12.2. The fourth-order valence-corrected chi connectivity index (χ4v) is 1.48. The molecule has 0 aliphatic heterocycles. The Kier molecular flexibility index (Phi) is 4.35. The van der Waals surface area contributed by atoms with E-state index in [9.17, 15) is 43.9 Å². The summed E-state index contributed by atoms with van der Waals surface area (Å²) in [4.78, 5) is 0. The first-order valence-electron chi connectivity index (χ1n) is 2.96. The molecule has 0 N–H and O–H groups in total. The zero-order valence-corrected chi connectivity index (χ0v) is 8.23. The number of alkyl halides is 10. The molecule has 0 atom stereocenters. The summed E-state index contributed by atoms with van der Waals surface area (Å²) in [5.41, 5.74) is -11.6. The average Bonchev–Trinajstić information content (AvgIpc) is 1.72. The molecule has 0 saturated heterocycles. The van der Waals surface area contributed by atoms with Crippen LogP contribution in [-0.2, 0) is 0 Å². The van der Waals surface area contributed by atoms with Crippen LogP contribution in [0.25, 0.3) is 0 Å². The summed E-state index contributed by atoms with van der Waals surface area (Å²) in [5, 5.41) is -11.8. The minimum absolute atomic E-state index is 2.50. The molecule has 0 radical (unpaired) electrons. The molecule has 0 spiro atoms. The lowest BCUT2D eigenvalue weighted by molar-refractivity contribution is -0.109. The minimum atomic E-state index is -5.91. The van der Waals surface area contributed by atoms with Gasteiger partial charge in [-0.25, -0.2) is 0 Å². The van der Waals surface area contributed by atoms with Gasteiger partial charge in [0.2, 0.25) is 0 Å². The van der Waals surface area contributed by atoms with Crippen molar-refractivity contribution in [2.24, 2.45) is 0 Å². The van der Waals surface area contributed by atoms with Gasteiger partial charge in [-0.3, -0.25) is 0 Å². The summed E-state index contributed by atoms with van der Waals surface area (Å²) in [5.74, 6) is 0. The van der Waals surface area contributed by atoms with Crippen LogP contribution < -0.4 is 0 Å². The van der Waals surface area contributed by atoms with Crippen LogP contribution >= 0.6 is 23.5 Å². The Balaban J connectivity index is 4.85. The third kappa shape index (κ3) is 5.37. The smallest absolute Gasteiger partial charge is 0.186 e. The van der Waals surface area contributed by atoms with Gasteiger partial charge in [-0.15, -0.1) is 0 Å². The van der Waals surface area contributed by atoms with Gasteiger partial charge in [0.15, 0.2) is 0 Å². The molecular formula is C4F10S2. The third-order valence-corrected chi connectivity index (χ3v) is 2.44. The molecule has 0 aliphatic carbocycles. The maximum atomic E-state index is 12.2. The Labute approximate surface area is 89.7 Å². The fraction of sp³-hybridized carbons (Fsp3) is 1.00. The predicted octanol–water partition coefficient (Wildman–Crippen LogP) is 4.68. The second kappa shape index (κ2) is 4.35. The maximum Gasteiger partial charge on any atom is 0.447 e. The highest BCUT2D eigenvalue weighted by Gasteiger charge is 2.66. The van der Waals surface area contributed by atoms with Gasteiger partial charge in [-0.1, -0.05) is 0 Å². The van der Waals surface area contributed by atoms with E-state index in [-0.39, 0.29) is 0 Å². The number of thioether (sulfide) groups is 2. The van der Waals surface area contributed by atoms with E-state index in [1.54, 1.807) is 0 Å². The van der Waals surface area contributed by atoms with Crippen molar-refractivity contribution < 1.29 is 43.9 Å². The monoisotopic (exact) mass is 302 g/mol. The van der Waals surface area contributed by atoms with Crippen molar-refractivity contribution in [2.45, 2.75) is 21.5 Å². The topological polar surface area (TPSA) is 0 Å². The molecule has 98 valence electrons. The molecule has 0 aromatic carbocycles. The number of rotatable bonds is 3. The first-order valence-corrected chi connectivity index (χ1v) is 4.59. The van der Waals surface area contributed by atoms with Crippen molar-refractivity contribution in [1.82, 2.24) is 0 Å². The highest BCUT2D eigenvalue weighted by Crippen LogP contribution is 2.58. The van der Waals surface area contributed by atoms with Crippen LogP contribution in [-0.4, -0.2) is 21.5 Å². The molecule has 0 rings (SSSR count). The molecule has 0 aromatic rings. The van der Waals surface area contributed by atoms with Crippen LogP contribution in [0, 0.1) is 0 Å². The van der Waals surface area contributed by atoms with E-state index < -0.39 is 45.0 Å². The van der Waals surface area contributed by atoms with E-state index in [1.807, 2.05) is 0 Å². The Morgan fingerprint density at radius 1 is 0.438 bits per heavy atom. The SMILES string of the molecule is FC(F)(F)SC(F)(F)C(F)(F)SC(F)(F)F. The lowest BCUT2D eigenvalue weighted by Crippen LogP contribution is -2.38. The molecule has 0 bridgehead atoms. The summed E-state index contributed by atoms with van der Waals surface area (Å²) < 4.78 is 117. The van der Waals surface area contributed by atoms with E-state index >= 15 is 0 Å². The van der Waals surface area contributed by atoms with Crippen LogP contribution in [0.3, 0.4) is 0 Å². The Morgan fingerprint density at radius 3 is 0.750 bits per heavy atom. The first kappa shape index (κ1) is 16.0. The van der Waals surface area contributed by atoms with Gasteiger partial charge in [0.05, 0.1) is 0 Å². The van der Waals surface area contributed by atoms with Crippen LogP contribution in [0.5, 0.6) is 0 Å². The molecule has 0 saturated carbocycles. The summed E-state index contributed by atoms with van der Waals surface area (Å²) in [6, 6.07) is 0. The van der Waals surface area contributed by atoms with Crippen LogP contribution in [0.2, 0.25) is 0 Å². The van der Waals surface area contributed by atoms with Crippen molar-refractivity contribution >= 4 is 23.5 Å². The largest absolute Gasteiger partial charge is 0.447 e. The fourth-order valence-electron chi connectivity index (χ4n) is 0.410.